The average molecular weight is 420 g/mol. The zero-order valence-corrected chi connectivity index (χ0v) is 17.9. The number of hydrogen-bond donors (Lipinski definition) is 2. The van der Waals surface area contributed by atoms with Crippen LogP contribution in [0.15, 0.2) is 30.3 Å². The molecule has 3 aromatic rings. The molecular weight excluding hydrogens is 390 g/mol. The Morgan fingerprint density at radius 3 is 2.58 bits per heavy atom. The molecule has 3 heterocycles. The molecule has 2 aromatic heterocycles. The molecule has 0 unspecified atom stereocenters. The summed E-state index contributed by atoms with van der Waals surface area (Å²) in [6.07, 6.45) is 3.00. The van der Waals surface area contributed by atoms with Gasteiger partial charge in [0.2, 0.25) is 0 Å². The monoisotopic (exact) mass is 419 g/mol. The van der Waals surface area contributed by atoms with E-state index in [1.807, 2.05) is 4.57 Å². The number of aromatic nitrogens is 3. The SMILES string of the molecule is CCCCOc1nc(N)c2cc(C#N)n(Cc3ccc(CN4CC[C@@H](N)C4)cc3)c2n1. The molecule has 4 N–H and O–H groups in total. The van der Waals surface area contributed by atoms with Crippen molar-refractivity contribution in [1.82, 2.24) is 19.4 Å². The van der Waals surface area contributed by atoms with Crippen molar-refractivity contribution < 1.29 is 4.74 Å². The van der Waals surface area contributed by atoms with Gasteiger partial charge < -0.3 is 20.8 Å². The van der Waals surface area contributed by atoms with Crippen LogP contribution in [0.25, 0.3) is 11.0 Å². The van der Waals surface area contributed by atoms with Gasteiger partial charge in [0.05, 0.1) is 18.5 Å². The molecule has 0 bridgehead atoms. The first-order valence-electron chi connectivity index (χ1n) is 10.8. The van der Waals surface area contributed by atoms with E-state index in [9.17, 15) is 5.26 Å². The lowest BCUT2D eigenvalue weighted by Crippen LogP contribution is -2.26. The number of likely N-dealkylation sites (tertiary alicyclic amines) is 1. The number of nitrogen functional groups attached to an aromatic ring is 1. The number of hydrogen-bond acceptors (Lipinski definition) is 7. The van der Waals surface area contributed by atoms with Gasteiger partial charge in [0.1, 0.15) is 17.6 Å². The van der Waals surface area contributed by atoms with Gasteiger partial charge in [-0.05, 0) is 30.0 Å². The summed E-state index contributed by atoms with van der Waals surface area (Å²) in [6, 6.07) is 13.0. The molecule has 0 saturated carbocycles. The number of fused-ring (bicyclic) bond motifs is 1. The van der Waals surface area contributed by atoms with Gasteiger partial charge in [-0.1, -0.05) is 37.6 Å². The molecule has 8 nitrogen and oxygen atoms in total. The smallest absolute Gasteiger partial charge is 0.320 e. The summed E-state index contributed by atoms with van der Waals surface area (Å²) in [6.45, 7) is 6.06. The maximum absolute atomic E-state index is 9.65. The summed E-state index contributed by atoms with van der Waals surface area (Å²) in [4.78, 5) is 11.2. The van der Waals surface area contributed by atoms with Gasteiger partial charge >= 0.3 is 6.01 Å². The van der Waals surface area contributed by atoms with E-state index in [1.165, 1.54) is 5.56 Å². The van der Waals surface area contributed by atoms with E-state index < -0.39 is 0 Å². The lowest BCUT2D eigenvalue weighted by Gasteiger charge is -2.15. The second-order valence-corrected chi connectivity index (χ2v) is 8.16. The van der Waals surface area contributed by atoms with Crippen LogP contribution in [0, 0.1) is 11.3 Å². The lowest BCUT2D eigenvalue weighted by molar-refractivity contribution is 0.286. The molecule has 0 amide bonds. The predicted octanol–water partition coefficient (Wildman–Crippen LogP) is 2.65. The second kappa shape index (κ2) is 9.33. The third kappa shape index (κ3) is 4.79. The van der Waals surface area contributed by atoms with E-state index in [2.05, 4.69) is 52.1 Å². The van der Waals surface area contributed by atoms with Gasteiger partial charge in [-0.3, -0.25) is 4.90 Å². The molecule has 4 rings (SSSR count). The zero-order chi connectivity index (χ0) is 21.8. The summed E-state index contributed by atoms with van der Waals surface area (Å²) in [5, 5.41) is 10.3. The first-order chi connectivity index (χ1) is 15.1. The number of benzene rings is 1. The summed E-state index contributed by atoms with van der Waals surface area (Å²) in [7, 11) is 0. The Kier molecular flexibility index (Phi) is 6.35. The molecule has 8 heteroatoms. The Morgan fingerprint density at radius 2 is 1.94 bits per heavy atom. The van der Waals surface area contributed by atoms with Crippen LogP contribution < -0.4 is 16.2 Å². The van der Waals surface area contributed by atoms with E-state index in [0.717, 1.165) is 44.5 Å². The van der Waals surface area contributed by atoms with Crippen LogP contribution in [0.3, 0.4) is 0 Å². The van der Waals surface area contributed by atoms with Crippen LogP contribution in [0.1, 0.15) is 43.0 Å². The molecule has 1 saturated heterocycles. The number of nitrogens with zero attached hydrogens (tertiary/aromatic N) is 5. The van der Waals surface area contributed by atoms with Crippen LogP contribution in [0.5, 0.6) is 6.01 Å². The molecule has 0 spiro atoms. The highest BCUT2D eigenvalue weighted by molar-refractivity contribution is 5.88. The second-order valence-electron chi connectivity index (χ2n) is 8.16. The molecule has 31 heavy (non-hydrogen) atoms. The summed E-state index contributed by atoms with van der Waals surface area (Å²) in [5.74, 6) is 0.325. The quantitative estimate of drug-likeness (QED) is 0.539. The fraction of sp³-hybridized carbons (Fsp3) is 0.435. The van der Waals surface area contributed by atoms with Gasteiger partial charge in [-0.15, -0.1) is 0 Å². The molecular formula is C23H29N7O. The number of nitrogens with two attached hydrogens (primary N) is 2. The van der Waals surface area contributed by atoms with Gasteiger partial charge in [0.15, 0.2) is 5.65 Å². The molecule has 1 aliphatic rings. The highest BCUT2D eigenvalue weighted by Crippen LogP contribution is 2.26. The molecule has 1 atom stereocenters. The van der Waals surface area contributed by atoms with Crippen molar-refractivity contribution >= 4 is 16.9 Å². The van der Waals surface area contributed by atoms with Crippen molar-refractivity contribution in [2.45, 2.75) is 45.3 Å². The van der Waals surface area contributed by atoms with Crippen molar-refractivity contribution in [3.05, 3.63) is 47.2 Å². The molecule has 1 aromatic carbocycles. The minimum Gasteiger partial charge on any atom is -0.463 e. The van der Waals surface area contributed by atoms with Gasteiger partial charge in [0.25, 0.3) is 0 Å². The van der Waals surface area contributed by atoms with Crippen molar-refractivity contribution in [2.24, 2.45) is 5.73 Å². The van der Waals surface area contributed by atoms with Crippen molar-refractivity contribution in [2.75, 3.05) is 25.4 Å². The Morgan fingerprint density at radius 1 is 1.19 bits per heavy atom. The van der Waals surface area contributed by atoms with E-state index in [0.29, 0.717) is 35.7 Å². The standard InChI is InChI=1S/C23H29N7O/c1-2-3-10-31-23-27-21(26)20-11-19(12-24)30(22(20)28-23)14-17-6-4-16(5-7-17)13-29-9-8-18(25)15-29/h4-7,11,18H,2-3,8-10,13-15,25H2,1H3,(H2,26,27,28)/t18-/m1/s1. The van der Waals surface area contributed by atoms with Crippen LogP contribution >= 0.6 is 0 Å². The maximum atomic E-state index is 9.65. The average Bonchev–Trinajstić information content (AvgIpc) is 3.33. The van der Waals surface area contributed by atoms with Crippen molar-refractivity contribution in [1.29, 1.82) is 5.26 Å². The number of ether oxygens (including phenoxy) is 1. The van der Waals surface area contributed by atoms with Crippen LogP contribution in [-0.4, -0.2) is 45.2 Å². The van der Waals surface area contributed by atoms with Gasteiger partial charge in [-0.2, -0.15) is 15.2 Å². The highest BCUT2D eigenvalue weighted by atomic mass is 16.5. The number of nitriles is 1. The molecule has 1 aliphatic heterocycles. The number of rotatable bonds is 8. The Labute approximate surface area is 182 Å². The zero-order valence-electron chi connectivity index (χ0n) is 17.9. The van der Waals surface area contributed by atoms with Crippen molar-refractivity contribution in [3.63, 3.8) is 0 Å². The van der Waals surface area contributed by atoms with Crippen molar-refractivity contribution in [3.8, 4) is 12.1 Å². The minimum atomic E-state index is 0.251. The Bertz CT molecular complexity index is 1080. The summed E-state index contributed by atoms with van der Waals surface area (Å²) < 4.78 is 7.53. The predicted molar refractivity (Wildman–Crippen MR) is 120 cm³/mol. The number of anilines is 1. The fourth-order valence-corrected chi connectivity index (χ4v) is 3.95. The van der Waals surface area contributed by atoms with E-state index >= 15 is 0 Å². The van der Waals surface area contributed by atoms with E-state index in [1.54, 1.807) is 6.07 Å². The van der Waals surface area contributed by atoms with E-state index in [-0.39, 0.29) is 12.1 Å². The normalized spacial score (nSPS) is 16.6. The summed E-state index contributed by atoms with van der Waals surface area (Å²) in [5.41, 5.74) is 15.6. The van der Waals surface area contributed by atoms with E-state index in [4.69, 9.17) is 16.2 Å². The number of unbranched alkanes of at least 4 members (excludes halogenated alkanes) is 1. The fourth-order valence-electron chi connectivity index (χ4n) is 3.95. The largest absolute Gasteiger partial charge is 0.463 e. The first kappa shape index (κ1) is 21.1. The van der Waals surface area contributed by atoms with Crippen LogP contribution in [0.4, 0.5) is 5.82 Å². The topological polar surface area (TPSA) is 119 Å². The Hall–Kier alpha value is -3.15. The molecule has 0 radical (unpaired) electrons. The third-order valence-corrected chi connectivity index (χ3v) is 5.68. The first-order valence-corrected chi connectivity index (χ1v) is 10.8. The van der Waals surface area contributed by atoms with Gasteiger partial charge in [0, 0.05) is 25.7 Å². The lowest BCUT2D eigenvalue weighted by atomic mass is 10.1. The third-order valence-electron chi connectivity index (χ3n) is 5.68. The van der Waals surface area contributed by atoms with Crippen LogP contribution in [-0.2, 0) is 13.1 Å². The summed E-state index contributed by atoms with van der Waals surface area (Å²) >= 11 is 0. The highest BCUT2D eigenvalue weighted by Gasteiger charge is 2.19. The Balaban J connectivity index is 1.56. The van der Waals surface area contributed by atoms with Gasteiger partial charge in [-0.25, -0.2) is 0 Å². The molecule has 162 valence electrons. The molecule has 1 fully saturated rings. The van der Waals surface area contributed by atoms with Crippen LogP contribution in [0.2, 0.25) is 0 Å². The molecule has 0 aliphatic carbocycles. The maximum Gasteiger partial charge on any atom is 0.320 e. The minimum absolute atomic E-state index is 0.251.